The summed E-state index contributed by atoms with van der Waals surface area (Å²) >= 11 is 5.27. The van der Waals surface area contributed by atoms with Crippen molar-refractivity contribution >= 4 is 44.6 Å². The van der Waals surface area contributed by atoms with Gasteiger partial charge in [-0.1, -0.05) is 17.2 Å². The summed E-state index contributed by atoms with van der Waals surface area (Å²) in [4.78, 5) is 14.6. The maximum Gasteiger partial charge on any atom is 0.257 e. The molecule has 1 aliphatic heterocycles. The molecule has 0 atom stereocenters. The number of thiocarbonyl (C=S) groups is 1. The quantitative estimate of drug-likeness (QED) is 0.703. The predicted octanol–water partition coefficient (Wildman–Crippen LogP) is 2.51. The van der Waals surface area contributed by atoms with Gasteiger partial charge in [0.1, 0.15) is 0 Å². The van der Waals surface area contributed by atoms with Gasteiger partial charge in [-0.3, -0.25) is 10.1 Å². The first-order valence-electron chi connectivity index (χ1n) is 9.62. The summed E-state index contributed by atoms with van der Waals surface area (Å²) in [5.41, 5.74) is 4.39. The van der Waals surface area contributed by atoms with E-state index in [4.69, 9.17) is 12.2 Å². The van der Waals surface area contributed by atoms with Gasteiger partial charge in [-0.25, -0.2) is 8.42 Å². The van der Waals surface area contributed by atoms with E-state index < -0.39 is 10.0 Å². The van der Waals surface area contributed by atoms with Crippen molar-refractivity contribution < 1.29 is 13.2 Å². The minimum Gasteiger partial charge on any atom is -0.369 e. The normalized spacial score (nSPS) is 15.0. The van der Waals surface area contributed by atoms with Gasteiger partial charge in [0.15, 0.2) is 5.11 Å². The molecule has 1 aliphatic rings. The van der Waals surface area contributed by atoms with Crippen molar-refractivity contribution in [3.63, 3.8) is 0 Å². The van der Waals surface area contributed by atoms with Gasteiger partial charge in [0, 0.05) is 43.1 Å². The number of hydrogen-bond acceptors (Lipinski definition) is 5. The van der Waals surface area contributed by atoms with Crippen LogP contribution in [0.3, 0.4) is 0 Å². The molecule has 0 saturated carbocycles. The van der Waals surface area contributed by atoms with Crippen LogP contribution in [0.1, 0.15) is 21.5 Å². The Balaban J connectivity index is 1.55. The molecule has 30 heavy (non-hydrogen) atoms. The zero-order valence-corrected chi connectivity index (χ0v) is 18.9. The van der Waals surface area contributed by atoms with Crippen LogP contribution in [0.15, 0.2) is 42.5 Å². The first-order chi connectivity index (χ1) is 14.1. The Morgan fingerprint density at radius 2 is 1.53 bits per heavy atom. The van der Waals surface area contributed by atoms with E-state index in [1.807, 2.05) is 56.3 Å². The van der Waals surface area contributed by atoms with Gasteiger partial charge in [0.2, 0.25) is 10.0 Å². The van der Waals surface area contributed by atoms with Crippen LogP contribution in [-0.4, -0.2) is 56.2 Å². The number of carbonyl (C=O) groups is 1. The van der Waals surface area contributed by atoms with Gasteiger partial charge in [0.05, 0.1) is 6.26 Å². The standard InChI is InChI=1S/C21H26N4O3S2/c1-15-12-16(2)14-17(13-15)20(26)23-21(29)22-18-4-6-19(7-5-18)24-8-10-25(11-9-24)30(3,27)28/h4-7,12-14H,8-11H2,1-3H3,(H2,22,23,26,29). The average Bonchev–Trinajstić information content (AvgIpc) is 2.67. The van der Waals surface area contributed by atoms with Crippen LogP contribution >= 0.6 is 12.2 Å². The van der Waals surface area contributed by atoms with E-state index in [0.29, 0.717) is 31.7 Å². The maximum absolute atomic E-state index is 12.4. The Morgan fingerprint density at radius 1 is 0.967 bits per heavy atom. The highest BCUT2D eigenvalue weighted by Gasteiger charge is 2.23. The molecule has 0 radical (unpaired) electrons. The topological polar surface area (TPSA) is 81.8 Å². The summed E-state index contributed by atoms with van der Waals surface area (Å²) in [7, 11) is -3.14. The number of nitrogens with zero attached hydrogens (tertiary/aromatic N) is 2. The van der Waals surface area contributed by atoms with Crippen molar-refractivity contribution in [2.75, 3.05) is 42.7 Å². The molecule has 1 saturated heterocycles. The van der Waals surface area contributed by atoms with E-state index in [-0.39, 0.29) is 11.0 Å². The third kappa shape index (κ3) is 5.78. The molecular formula is C21H26N4O3S2. The maximum atomic E-state index is 12.4. The highest BCUT2D eigenvalue weighted by atomic mass is 32.2. The van der Waals surface area contributed by atoms with Crippen molar-refractivity contribution in [1.82, 2.24) is 9.62 Å². The van der Waals surface area contributed by atoms with Gasteiger partial charge in [-0.15, -0.1) is 0 Å². The SMILES string of the molecule is Cc1cc(C)cc(C(=O)NC(=S)Nc2ccc(N3CCN(S(C)(=O)=O)CC3)cc2)c1. The number of hydrogen-bond donors (Lipinski definition) is 2. The van der Waals surface area contributed by atoms with Crippen LogP contribution in [0.25, 0.3) is 0 Å². The average molecular weight is 447 g/mol. The third-order valence-corrected chi connectivity index (χ3v) is 6.42. The first-order valence-corrected chi connectivity index (χ1v) is 11.9. The number of benzene rings is 2. The second-order valence-corrected chi connectivity index (χ2v) is 9.87. The minimum absolute atomic E-state index is 0.230. The van der Waals surface area contributed by atoms with E-state index in [1.165, 1.54) is 10.6 Å². The number of carbonyl (C=O) groups excluding carboxylic acids is 1. The number of rotatable bonds is 4. The number of piperazine rings is 1. The lowest BCUT2D eigenvalue weighted by molar-refractivity contribution is 0.0977. The lowest BCUT2D eigenvalue weighted by Gasteiger charge is -2.34. The molecule has 7 nitrogen and oxygen atoms in total. The van der Waals surface area contributed by atoms with Gasteiger partial charge in [0.25, 0.3) is 5.91 Å². The van der Waals surface area contributed by atoms with E-state index in [1.54, 1.807) is 0 Å². The fraction of sp³-hybridized carbons (Fsp3) is 0.333. The molecule has 1 amide bonds. The summed E-state index contributed by atoms with van der Waals surface area (Å²) in [6, 6.07) is 13.3. The zero-order chi connectivity index (χ0) is 21.9. The van der Waals surface area contributed by atoms with Crippen LogP contribution in [0.4, 0.5) is 11.4 Å². The van der Waals surface area contributed by atoms with Crippen molar-refractivity contribution in [3.05, 3.63) is 59.2 Å². The lowest BCUT2D eigenvalue weighted by atomic mass is 10.1. The molecule has 0 spiro atoms. The Bertz CT molecular complexity index is 1020. The summed E-state index contributed by atoms with van der Waals surface area (Å²) < 4.78 is 24.8. The van der Waals surface area contributed by atoms with E-state index >= 15 is 0 Å². The van der Waals surface area contributed by atoms with Crippen LogP contribution in [-0.2, 0) is 10.0 Å². The summed E-state index contributed by atoms with van der Waals surface area (Å²) in [5, 5.41) is 5.96. The molecule has 0 aliphatic carbocycles. The molecule has 2 aromatic rings. The number of amides is 1. The number of anilines is 2. The molecule has 0 bridgehead atoms. The number of sulfonamides is 1. The zero-order valence-electron chi connectivity index (χ0n) is 17.3. The number of nitrogens with one attached hydrogen (secondary N) is 2. The molecule has 3 rings (SSSR count). The highest BCUT2D eigenvalue weighted by molar-refractivity contribution is 7.88. The summed E-state index contributed by atoms with van der Waals surface area (Å²) in [6.07, 6.45) is 1.24. The van der Waals surface area contributed by atoms with E-state index in [2.05, 4.69) is 15.5 Å². The fourth-order valence-electron chi connectivity index (χ4n) is 3.48. The summed E-state index contributed by atoms with van der Waals surface area (Å²) in [5.74, 6) is -0.250. The monoisotopic (exact) mass is 446 g/mol. The minimum atomic E-state index is -3.14. The first kappa shape index (κ1) is 22.2. The van der Waals surface area contributed by atoms with Gasteiger partial charge in [-0.05, 0) is 62.5 Å². The molecule has 2 aromatic carbocycles. The van der Waals surface area contributed by atoms with E-state index in [0.717, 1.165) is 22.5 Å². The van der Waals surface area contributed by atoms with Gasteiger partial charge < -0.3 is 10.2 Å². The second kappa shape index (κ2) is 9.11. The second-order valence-electron chi connectivity index (χ2n) is 7.48. The van der Waals surface area contributed by atoms with Crippen LogP contribution in [0, 0.1) is 13.8 Å². The number of aryl methyl sites for hydroxylation is 2. The Hall–Kier alpha value is -2.49. The summed E-state index contributed by atoms with van der Waals surface area (Å²) in [6.45, 7) is 6.14. The van der Waals surface area contributed by atoms with Crippen LogP contribution in [0.2, 0.25) is 0 Å². The van der Waals surface area contributed by atoms with Crippen LogP contribution < -0.4 is 15.5 Å². The molecule has 9 heteroatoms. The molecule has 1 heterocycles. The van der Waals surface area contributed by atoms with Crippen molar-refractivity contribution in [2.24, 2.45) is 0 Å². The van der Waals surface area contributed by atoms with Gasteiger partial charge in [-0.2, -0.15) is 4.31 Å². The molecule has 2 N–H and O–H groups in total. The fourth-order valence-corrected chi connectivity index (χ4v) is 4.51. The van der Waals surface area contributed by atoms with Crippen molar-refractivity contribution in [2.45, 2.75) is 13.8 Å². The highest BCUT2D eigenvalue weighted by Crippen LogP contribution is 2.20. The molecule has 160 valence electrons. The largest absolute Gasteiger partial charge is 0.369 e. The smallest absolute Gasteiger partial charge is 0.257 e. The Morgan fingerprint density at radius 3 is 2.07 bits per heavy atom. The predicted molar refractivity (Wildman–Crippen MR) is 125 cm³/mol. The Labute approximate surface area is 183 Å². The van der Waals surface area contributed by atoms with Crippen molar-refractivity contribution in [3.8, 4) is 0 Å². The van der Waals surface area contributed by atoms with E-state index in [9.17, 15) is 13.2 Å². The Kier molecular flexibility index (Phi) is 6.74. The molecular weight excluding hydrogens is 420 g/mol. The lowest BCUT2D eigenvalue weighted by Crippen LogP contribution is -2.48. The van der Waals surface area contributed by atoms with Crippen LogP contribution in [0.5, 0.6) is 0 Å². The van der Waals surface area contributed by atoms with Gasteiger partial charge >= 0.3 is 0 Å². The molecule has 0 unspecified atom stereocenters. The van der Waals surface area contributed by atoms with Crippen molar-refractivity contribution in [1.29, 1.82) is 0 Å². The third-order valence-electron chi connectivity index (χ3n) is 4.91. The molecule has 1 fully saturated rings. The molecule has 0 aromatic heterocycles.